The normalized spacial score (nSPS) is 23.2. The monoisotopic (exact) mass is 238 g/mol. The molecule has 0 aromatic rings. The first kappa shape index (κ1) is 15.8. The van der Waals surface area contributed by atoms with Gasteiger partial charge in [-0.05, 0) is 13.3 Å². The highest BCUT2D eigenvalue weighted by Crippen LogP contribution is 2.21. The van der Waals surface area contributed by atoms with Gasteiger partial charge in [0.2, 0.25) is 0 Å². The lowest BCUT2D eigenvalue weighted by atomic mass is 9.87. The molecule has 0 heterocycles. The average Bonchev–Trinajstić information content (AvgIpc) is 2.24. The minimum Gasteiger partial charge on any atom is -0.394 e. The third-order valence-electron chi connectivity index (χ3n) is 2.65. The van der Waals surface area contributed by atoms with Gasteiger partial charge < -0.3 is 30.6 Å². The van der Waals surface area contributed by atoms with Crippen LogP contribution in [0, 0.1) is 0 Å². The van der Waals surface area contributed by atoms with Gasteiger partial charge in [0.1, 0.15) is 24.4 Å². The van der Waals surface area contributed by atoms with E-state index in [9.17, 15) is 20.4 Å². The molecule has 0 fully saturated rings. The van der Waals surface area contributed by atoms with Gasteiger partial charge in [0.25, 0.3) is 0 Å². The second-order valence-corrected chi connectivity index (χ2v) is 4.28. The molecular formula is C10H22O6. The summed E-state index contributed by atoms with van der Waals surface area (Å²) in [4.78, 5) is 0. The molecule has 0 aliphatic carbocycles. The lowest BCUT2D eigenvalue weighted by Gasteiger charge is -2.35. The first-order chi connectivity index (χ1) is 7.27. The van der Waals surface area contributed by atoms with E-state index in [0.29, 0.717) is 6.42 Å². The number of aliphatic hydroxyl groups is 6. The molecule has 0 radical (unpaired) electrons. The molecule has 6 heteroatoms. The van der Waals surface area contributed by atoms with Crippen molar-refractivity contribution in [2.24, 2.45) is 0 Å². The Balaban J connectivity index is 4.53. The first-order valence-corrected chi connectivity index (χ1v) is 5.33. The summed E-state index contributed by atoms with van der Waals surface area (Å²) in [6.07, 6.45) is -5.74. The number of rotatable bonds is 7. The molecule has 0 saturated carbocycles. The van der Waals surface area contributed by atoms with E-state index in [0.717, 1.165) is 0 Å². The Morgan fingerprint density at radius 3 is 1.94 bits per heavy atom. The highest BCUT2D eigenvalue weighted by molar-refractivity contribution is 4.91. The van der Waals surface area contributed by atoms with Crippen LogP contribution in [0.1, 0.15) is 26.7 Å². The molecule has 16 heavy (non-hydrogen) atoms. The predicted molar refractivity (Wildman–Crippen MR) is 56.6 cm³/mol. The summed E-state index contributed by atoms with van der Waals surface area (Å²) in [5, 5.41) is 56.0. The van der Waals surface area contributed by atoms with Gasteiger partial charge in [-0.2, -0.15) is 0 Å². The van der Waals surface area contributed by atoms with Crippen molar-refractivity contribution in [2.75, 3.05) is 6.61 Å². The molecule has 0 aliphatic rings. The van der Waals surface area contributed by atoms with Gasteiger partial charge in [-0.25, -0.2) is 0 Å². The molecule has 6 nitrogen and oxygen atoms in total. The van der Waals surface area contributed by atoms with Crippen molar-refractivity contribution < 1.29 is 30.6 Å². The molecule has 98 valence electrons. The zero-order chi connectivity index (χ0) is 12.9. The van der Waals surface area contributed by atoms with Crippen LogP contribution in [0.25, 0.3) is 0 Å². The van der Waals surface area contributed by atoms with Crippen molar-refractivity contribution in [3.05, 3.63) is 0 Å². The molecule has 6 N–H and O–H groups in total. The van der Waals surface area contributed by atoms with Gasteiger partial charge in [0.05, 0.1) is 12.2 Å². The Morgan fingerprint density at radius 1 is 1.06 bits per heavy atom. The van der Waals surface area contributed by atoms with Gasteiger partial charge in [-0.1, -0.05) is 13.3 Å². The minimum absolute atomic E-state index is 0.243. The smallest absolute Gasteiger partial charge is 0.111 e. The maximum atomic E-state index is 9.79. The Labute approximate surface area is 94.8 Å². The summed E-state index contributed by atoms with van der Waals surface area (Å²) in [5.74, 6) is 0. The van der Waals surface area contributed by atoms with E-state index in [1.54, 1.807) is 6.92 Å². The van der Waals surface area contributed by atoms with E-state index in [4.69, 9.17) is 10.2 Å². The molecule has 0 aromatic carbocycles. The topological polar surface area (TPSA) is 121 Å². The van der Waals surface area contributed by atoms with Crippen LogP contribution in [0.3, 0.4) is 0 Å². The standard InChI is InChI=1S/C10H22O6/c1-3-4-10(2,16)9(15)8(14)7(13)6(12)5-11/h6-9,11-16H,3-5H2,1-2H3/t6-,7+,8+,9+,10?/m0/s1. The molecule has 0 rings (SSSR count). The SMILES string of the molecule is CCCC(C)(O)[C@H](O)[C@H](O)[C@H](O)[C@@H](O)CO. The highest BCUT2D eigenvalue weighted by Gasteiger charge is 2.40. The Bertz CT molecular complexity index is 196. The van der Waals surface area contributed by atoms with Crippen LogP contribution < -0.4 is 0 Å². The summed E-state index contributed by atoms with van der Waals surface area (Å²) >= 11 is 0. The average molecular weight is 238 g/mol. The van der Waals surface area contributed by atoms with Crippen LogP contribution in [-0.2, 0) is 0 Å². The van der Waals surface area contributed by atoms with Gasteiger partial charge in [-0.15, -0.1) is 0 Å². The fourth-order valence-electron chi connectivity index (χ4n) is 1.54. The molecule has 1 unspecified atom stereocenters. The number of hydrogen-bond acceptors (Lipinski definition) is 6. The summed E-state index contributed by atoms with van der Waals surface area (Å²) in [7, 11) is 0. The second kappa shape index (κ2) is 6.48. The predicted octanol–water partition coefficient (Wildman–Crippen LogP) is -2.03. The van der Waals surface area contributed by atoms with E-state index in [1.807, 2.05) is 0 Å². The van der Waals surface area contributed by atoms with Crippen molar-refractivity contribution in [1.29, 1.82) is 0 Å². The largest absolute Gasteiger partial charge is 0.394 e. The van der Waals surface area contributed by atoms with Gasteiger partial charge in [0, 0.05) is 0 Å². The van der Waals surface area contributed by atoms with Gasteiger partial charge in [0.15, 0.2) is 0 Å². The molecule has 0 aliphatic heterocycles. The fourth-order valence-corrected chi connectivity index (χ4v) is 1.54. The maximum Gasteiger partial charge on any atom is 0.111 e. The molecule has 0 aromatic heterocycles. The third-order valence-corrected chi connectivity index (χ3v) is 2.65. The first-order valence-electron chi connectivity index (χ1n) is 5.33. The summed E-state index contributed by atoms with van der Waals surface area (Å²) in [6, 6.07) is 0. The lowest BCUT2D eigenvalue weighted by molar-refractivity contribution is -0.169. The van der Waals surface area contributed by atoms with Crippen LogP contribution in [0.2, 0.25) is 0 Å². The van der Waals surface area contributed by atoms with Crippen molar-refractivity contribution >= 4 is 0 Å². The van der Waals surface area contributed by atoms with Crippen LogP contribution in [0.5, 0.6) is 0 Å². The lowest BCUT2D eigenvalue weighted by Crippen LogP contribution is -2.54. The van der Waals surface area contributed by atoms with Crippen LogP contribution in [0.4, 0.5) is 0 Å². The van der Waals surface area contributed by atoms with E-state index in [1.165, 1.54) is 6.92 Å². The zero-order valence-corrected chi connectivity index (χ0v) is 9.61. The van der Waals surface area contributed by atoms with Crippen molar-refractivity contribution in [2.45, 2.75) is 56.7 Å². The highest BCUT2D eigenvalue weighted by atomic mass is 16.4. The third kappa shape index (κ3) is 3.97. The molecule has 5 atom stereocenters. The second-order valence-electron chi connectivity index (χ2n) is 4.28. The Hall–Kier alpha value is -0.240. The summed E-state index contributed by atoms with van der Waals surface area (Å²) < 4.78 is 0. The van der Waals surface area contributed by atoms with Gasteiger partial charge >= 0.3 is 0 Å². The van der Waals surface area contributed by atoms with E-state index < -0.39 is 36.6 Å². The quantitative estimate of drug-likeness (QED) is 0.304. The summed E-state index contributed by atoms with van der Waals surface area (Å²) in [5.41, 5.74) is -1.55. The van der Waals surface area contributed by atoms with Crippen LogP contribution in [0.15, 0.2) is 0 Å². The fraction of sp³-hybridized carbons (Fsp3) is 1.00. The number of aliphatic hydroxyl groups excluding tert-OH is 5. The van der Waals surface area contributed by atoms with Crippen molar-refractivity contribution in [1.82, 2.24) is 0 Å². The zero-order valence-electron chi connectivity index (χ0n) is 9.61. The van der Waals surface area contributed by atoms with Crippen LogP contribution in [-0.4, -0.2) is 67.3 Å². The van der Waals surface area contributed by atoms with E-state index in [-0.39, 0.29) is 6.42 Å². The van der Waals surface area contributed by atoms with Crippen molar-refractivity contribution in [3.8, 4) is 0 Å². The maximum absolute atomic E-state index is 9.79. The molecule has 0 amide bonds. The Kier molecular flexibility index (Phi) is 6.39. The van der Waals surface area contributed by atoms with E-state index in [2.05, 4.69) is 0 Å². The summed E-state index contributed by atoms with van der Waals surface area (Å²) in [6.45, 7) is 2.40. The van der Waals surface area contributed by atoms with Crippen LogP contribution >= 0.6 is 0 Å². The minimum atomic E-state index is -1.72. The molecule has 0 bridgehead atoms. The number of hydrogen-bond donors (Lipinski definition) is 6. The van der Waals surface area contributed by atoms with E-state index >= 15 is 0 Å². The van der Waals surface area contributed by atoms with Crippen molar-refractivity contribution in [3.63, 3.8) is 0 Å². The van der Waals surface area contributed by atoms with Gasteiger partial charge in [-0.3, -0.25) is 0 Å². The molecule has 0 saturated heterocycles. The Morgan fingerprint density at radius 2 is 1.56 bits per heavy atom. The molecule has 0 spiro atoms. The molecular weight excluding hydrogens is 216 g/mol.